The Morgan fingerprint density at radius 3 is 2.30 bits per heavy atom. The molecular formula is C20H20N3O2S2+. The molecule has 2 aromatic heterocycles. The predicted octanol–water partition coefficient (Wildman–Crippen LogP) is 2.38. The van der Waals surface area contributed by atoms with Gasteiger partial charge >= 0.3 is 0 Å². The van der Waals surface area contributed by atoms with Crippen LogP contribution in [0.25, 0.3) is 0 Å². The molecule has 0 bridgehead atoms. The summed E-state index contributed by atoms with van der Waals surface area (Å²) in [5.41, 5.74) is 1.47. The lowest BCUT2D eigenvalue weighted by Crippen LogP contribution is -3.10. The molecule has 0 spiro atoms. The number of rotatable bonds is 6. The van der Waals surface area contributed by atoms with Crippen LogP contribution in [0.5, 0.6) is 0 Å². The number of nitrogens with zero attached hydrogens (tertiary/aromatic N) is 1. The number of nitrogens with one attached hydrogen (secondary N) is 2. The number of quaternary nitrogens is 1. The molecular weight excluding hydrogens is 378 g/mol. The maximum atomic E-state index is 13.1. The van der Waals surface area contributed by atoms with Crippen LogP contribution in [-0.4, -0.2) is 24.9 Å². The topological polar surface area (TPSA) is 53.9 Å². The summed E-state index contributed by atoms with van der Waals surface area (Å²) in [6, 6.07) is 15.7. The molecule has 1 aromatic carbocycles. The third kappa shape index (κ3) is 4.27. The first-order valence-electron chi connectivity index (χ1n) is 8.76. The highest BCUT2D eigenvalue weighted by atomic mass is 32.1. The highest BCUT2D eigenvalue weighted by Crippen LogP contribution is 2.28. The van der Waals surface area contributed by atoms with Gasteiger partial charge in [-0.2, -0.15) is 0 Å². The molecule has 5 nitrogen and oxygen atoms in total. The Morgan fingerprint density at radius 1 is 1.00 bits per heavy atom. The van der Waals surface area contributed by atoms with Gasteiger partial charge in [0, 0.05) is 0 Å². The lowest BCUT2D eigenvalue weighted by molar-refractivity contribution is -0.919. The summed E-state index contributed by atoms with van der Waals surface area (Å²) < 4.78 is 0. The molecule has 27 heavy (non-hydrogen) atoms. The van der Waals surface area contributed by atoms with Crippen LogP contribution in [0.2, 0.25) is 0 Å². The van der Waals surface area contributed by atoms with E-state index in [9.17, 15) is 9.59 Å². The number of amides is 2. The SMILES string of the molecule is O=C1CN(C(=O)C[NH+](Cc2cccs2)Cc2cccs2)c2ccccc2N1. The number of thiophene rings is 2. The van der Waals surface area contributed by atoms with Crippen molar-refractivity contribution < 1.29 is 14.5 Å². The van der Waals surface area contributed by atoms with Crippen LogP contribution in [0.1, 0.15) is 9.75 Å². The summed E-state index contributed by atoms with van der Waals surface area (Å²) in [4.78, 5) is 30.4. The second-order valence-electron chi connectivity index (χ2n) is 6.48. The van der Waals surface area contributed by atoms with E-state index >= 15 is 0 Å². The van der Waals surface area contributed by atoms with E-state index in [0.717, 1.165) is 18.8 Å². The number of carbonyl (C=O) groups is 2. The first kappa shape index (κ1) is 17.9. The first-order chi connectivity index (χ1) is 13.2. The number of hydrogen-bond donors (Lipinski definition) is 2. The quantitative estimate of drug-likeness (QED) is 0.670. The highest BCUT2D eigenvalue weighted by molar-refractivity contribution is 7.10. The molecule has 7 heteroatoms. The Morgan fingerprint density at radius 2 is 1.67 bits per heavy atom. The fourth-order valence-corrected chi connectivity index (χ4v) is 4.82. The second kappa shape index (κ2) is 8.04. The Hall–Kier alpha value is -2.48. The minimum Gasteiger partial charge on any atom is -0.323 e. The van der Waals surface area contributed by atoms with E-state index in [1.165, 1.54) is 14.7 Å². The summed E-state index contributed by atoms with van der Waals surface area (Å²) in [6.45, 7) is 2.00. The van der Waals surface area contributed by atoms with Gasteiger partial charge in [-0.05, 0) is 35.0 Å². The molecule has 4 rings (SSSR count). The number of para-hydroxylation sites is 2. The van der Waals surface area contributed by atoms with Crippen LogP contribution < -0.4 is 15.1 Å². The van der Waals surface area contributed by atoms with Crippen molar-refractivity contribution in [3.05, 3.63) is 69.0 Å². The third-order valence-electron chi connectivity index (χ3n) is 4.48. The van der Waals surface area contributed by atoms with Crippen LogP contribution in [0.15, 0.2) is 59.3 Å². The fraction of sp³-hybridized carbons (Fsp3) is 0.200. The zero-order valence-electron chi connectivity index (χ0n) is 14.7. The Kier molecular flexibility index (Phi) is 5.33. The van der Waals surface area contributed by atoms with Crippen molar-refractivity contribution in [1.82, 2.24) is 0 Å². The summed E-state index contributed by atoms with van der Waals surface area (Å²) >= 11 is 3.42. The van der Waals surface area contributed by atoms with E-state index in [4.69, 9.17) is 0 Å². The fourth-order valence-electron chi connectivity index (χ4n) is 3.27. The number of anilines is 2. The number of carbonyl (C=O) groups excluding carboxylic acids is 2. The molecule has 0 aliphatic carbocycles. The van der Waals surface area contributed by atoms with Crippen molar-refractivity contribution in [2.45, 2.75) is 13.1 Å². The molecule has 3 heterocycles. The molecule has 0 atom stereocenters. The number of hydrogen-bond acceptors (Lipinski definition) is 4. The number of fused-ring (bicyclic) bond motifs is 1. The summed E-state index contributed by atoms with van der Waals surface area (Å²) in [6.07, 6.45) is 0. The van der Waals surface area contributed by atoms with Crippen LogP contribution in [-0.2, 0) is 22.7 Å². The summed E-state index contributed by atoms with van der Waals surface area (Å²) in [7, 11) is 0. The number of benzene rings is 1. The van der Waals surface area contributed by atoms with Gasteiger partial charge in [0.15, 0.2) is 6.54 Å². The first-order valence-corrected chi connectivity index (χ1v) is 10.5. The van der Waals surface area contributed by atoms with Gasteiger partial charge in [-0.1, -0.05) is 24.3 Å². The Balaban J connectivity index is 1.53. The van der Waals surface area contributed by atoms with E-state index in [-0.39, 0.29) is 18.4 Å². The Labute approximate surface area is 165 Å². The minimum absolute atomic E-state index is 0.0274. The lowest BCUT2D eigenvalue weighted by atomic mass is 10.2. The molecule has 3 aromatic rings. The van der Waals surface area contributed by atoms with Crippen LogP contribution >= 0.6 is 22.7 Å². The molecule has 0 radical (unpaired) electrons. The van der Waals surface area contributed by atoms with Gasteiger partial charge in [-0.15, -0.1) is 22.7 Å². The monoisotopic (exact) mass is 398 g/mol. The van der Waals surface area contributed by atoms with Crippen molar-refractivity contribution in [1.29, 1.82) is 0 Å². The predicted molar refractivity (Wildman–Crippen MR) is 109 cm³/mol. The van der Waals surface area contributed by atoms with Crippen LogP contribution in [0, 0.1) is 0 Å². The van der Waals surface area contributed by atoms with E-state index < -0.39 is 0 Å². The van der Waals surface area contributed by atoms with E-state index in [1.807, 2.05) is 36.4 Å². The van der Waals surface area contributed by atoms with Gasteiger partial charge in [0.2, 0.25) is 5.91 Å². The standard InChI is InChI=1S/C20H19N3O2S2/c24-19-13-23(18-8-2-1-7-17(18)21-19)20(25)14-22(11-15-5-3-9-26-15)12-16-6-4-10-27-16/h1-10H,11-14H2,(H,21,24)/p+1. The zero-order chi connectivity index (χ0) is 18.6. The van der Waals surface area contributed by atoms with Gasteiger partial charge in [0.1, 0.15) is 19.6 Å². The van der Waals surface area contributed by atoms with Crippen molar-refractivity contribution in [2.75, 3.05) is 23.3 Å². The maximum Gasteiger partial charge on any atom is 0.282 e. The summed E-state index contributed by atoms with van der Waals surface area (Å²) in [5.74, 6) is -0.180. The van der Waals surface area contributed by atoms with Crippen molar-refractivity contribution in [2.24, 2.45) is 0 Å². The van der Waals surface area contributed by atoms with Crippen molar-refractivity contribution in [3.8, 4) is 0 Å². The van der Waals surface area contributed by atoms with Gasteiger partial charge in [-0.25, -0.2) is 0 Å². The zero-order valence-corrected chi connectivity index (χ0v) is 16.3. The van der Waals surface area contributed by atoms with Gasteiger partial charge < -0.3 is 10.2 Å². The summed E-state index contributed by atoms with van der Waals surface area (Å²) in [5, 5.41) is 6.96. The molecule has 0 unspecified atom stereocenters. The Bertz CT molecular complexity index is 886. The largest absolute Gasteiger partial charge is 0.323 e. The van der Waals surface area contributed by atoms with Crippen LogP contribution in [0.3, 0.4) is 0 Å². The smallest absolute Gasteiger partial charge is 0.282 e. The normalized spacial score (nSPS) is 13.5. The lowest BCUT2D eigenvalue weighted by Gasteiger charge is -2.30. The molecule has 0 fully saturated rings. The highest BCUT2D eigenvalue weighted by Gasteiger charge is 2.29. The molecule has 2 amide bonds. The van der Waals surface area contributed by atoms with E-state index in [2.05, 4.69) is 28.2 Å². The van der Waals surface area contributed by atoms with E-state index in [0.29, 0.717) is 12.2 Å². The third-order valence-corrected chi connectivity index (χ3v) is 6.23. The molecule has 138 valence electrons. The van der Waals surface area contributed by atoms with Gasteiger partial charge in [0.05, 0.1) is 21.1 Å². The molecule has 0 saturated carbocycles. The van der Waals surface area contributed by atoms with Gasteiger partial charge in [-0.3, -0.25) is 14.5 Å². The average Bonchev–Trinajstić information content (AvgIpc) is 3.35. The molecule has 2 N–H and O–H groups in total. The average molecular weight is 399 g/mol. The second-order valence-corrected chi connectivity index (χ2v) is 8.55. The van der Waals surface area contributed by atoms with Crippen LogP contribution in [0.4, 0.5) is 11.4 Å². The minimum atomic E-state index is -0.153. The maximum absolute atomic E-state index is 13.1. The van der Waals surface area contributed by atoms with E-state index in [1.54, 1.807) is 27.6 Å². The van der Waals surface area contributed by atoms with Crippen molar-refractivity contribution >= 4 is 45.9 Å². The van der Waals surface area contributed by atoms with Gasteiger partial charge in [0.25, 0.3) is 5.91 Å². The molecule has 1 aliphatic heterocycles. The molecule has 1 aliphatic rings. The molecule has 0 saturated heterocycles. The van der Waals surface area contributed by atoms with Crippen molar-refractivity contribution in [3.63, 3.8) is 0 Å².